The summed E-state index contributed by atoms with van der Waals surface area (Å²) < 4.78 is 5.63. The number of nitrogens with zero attached hydrogens (tertiary/aromatic N) is 4. The van der Waals surface area contributed by atoms with Crippen LogP contribution in [0.15, 0.2) is 39.9 Å². The second kappa shape index (κ2) is 13.5. The number of amides is 1. The van der Waals surface area contributed by atoms with Crippen LogP contribution in [0.4, 0.5) is 0 Å². The maximum absolute atomic E-state index is 12.3. The third-order valence-corrected chi connectivity index (χ3v) is 5.60. The van der Waals surface area contributed by atoms with E-state index in [4.69, 9.17) is 4.42 Å². The summed E-state index contributed by atoms with van der Waals surface area (Å²) in [6.07, 6.45) is 4.65. The zero-order valence-electron chi connectivity index (χ0n) is 20.1. The van der Waals surface area contributed by atoms with Crippen molar-refractivity contribution in [3.63, 3.8) is 0 Å². The summed E-state index contributed by atoms with van der Waals surface area (Å²) in [7, 11) is 3.66. The third-order valence-electron chi connectivity index (χ3n) is 5.60. The molecule has 1 unspecified atom stereocenters. The SMILES string of the molecule is CCNC(=NCc1coc(-c2ccc(C)cc2)n1)NCCCN1CCCC1C(=O)N(C)C.I. The van der Waals surface area contributed by atoms with E-state index in [0.29, 0.717) is 12.4 Å². The number of nitrogens with one attached hydrogen (secondary N) is 2. The molecule has 0 aliphatic carbocycles. The number of aryl methyl sites for hydroxylation is 1. The van der Waals surface area contributed by atoms with E-state index < -0.39 is 0 Å². The van der Waals surface area contributed by atoms with E-state index in [2.05, 4.69) is 32.4 Å². The number of rotatable bonds is 9. The highest BCUT2D eigenvalue weighted by Crippen LogP contribution is 2.20. The van der Waals surface area contributed by atoms with Gasteiger partial charge in [-0.3, -0.25) is 9.69 Å². The van der Waals surface area contributed by atoms with Gasteiger partial charge >= 0.3 is 0 Å². The lowest BCUT2D eigenvalue weighted by atomic mass is 10.1. The highest BCUT2D eigenvalue weighted by Gasteiger charge is 2.30. The smallest absolute Gasteiger partial charge is 0.239 e. The molecule has 1 atom stereocenters. The fourth-order valence-corrected chi connectivity index (χ4v) is 3.87. The molecule has 2 aromatic rings. The second-order valence-electron chi connectivity index (χ2n) is 8.41. The van der Waals surface area contributed by atoms with Gasteiger partial charge in [-0.05, 0) is 51.8 Å². The quantitative estimate of drug-likeness (QED) is 0.209. The lowest BCUT2D eigenvalue weighted by molar-refractivity contribution is -0.133. The predicted octanol–water partition coefficient (Wildman–Crippen LogP) is 3.27. The maximum Gasteiger partial charge on any atom is 0.239 e. The Morgan fingerprint density at radius 3 is 2.73 bits per heavy atom. The van der Waals surface area contributed by atoms with Gasteiger partial charge in [0, 0.05) is 39.3 Å². The lowest BCUT2D eigenvalue weighted by Gasteiger charge is -2.26. The van der Waals surface area contributed by atoms with Crippen molar-refractivity contribution in [1.29, 1.82) is 0 Å². The number of aliphatic imine (C=N–C) groups is 1. The van der Waals surface area contributed by atoms with Gasteiger partial charge < -0.3 is 20.0 Å². The number of aromatic nitrogens is 1. The average molecular weight is 569 g/mol. The zero-order valence-corrected chi connectivity index (χ0v) is 22.5. The van der Waals surface area contributed by atoms with Gasteiger partial charge in [0.25, 0.3) is 0 Å². The van der Waals surface area contributed by atoms with Gasteiger partial charge in [0.1, 0.15) is 12.0 Å². The van der Waals surface area contributed by atoms with Crippen molar-refractivity contribution in [3.05, 3.63) is 41.8 Å². The molecule has 3 rings (SSSR count). The van der Waals surface area contributed by atoms with Gasteiger partial charge in [-0.15, -0.1) is 24.0 Å². The number of hydrogen-bond donors (Lipinski definition) is 2. The number of carbonyl (C=O) groups is 1. The van der Waals surface area contributed by atoms with Crippen molar-refractivity contribution in [2.24, 2.45) is 4.99 Å². The van der Waals surface area contributed by atoms with E-state index in [1.807, 2.05) is 45.3 Å². The first-order valence-corrected chi connectivity index (χ1v) is 11.5. The molecule has 1 aliphatic rings. The number of guanidine groups is 1. The van der Waals surface area contributed by atoms with Gasteiger partial charge in [0.05, 0.1) is 12.6 Å². The molecular formula is C24H37IN6O2. The molecule has 0 spiro atoms. The average Bonchev–Trinajstić information content (AvgIpc) is 3.44. The molecule has 182 valence electrons. The fraction of sp³-hybridized carbons (Fsp3) is 0.542. The first kappa shape index (κ1) is 27.1. The molecule has 1 aromatic heterocycles. The van der Waals surface area contributed by atoms with Crippen molar-refractivity contribution in [2.45, 2.75) is 45.7 Å². The molecule has 2 heterocycles. The van der Waals surface area contributed by atoms with Crippen LogP contribution in [0.3, 0.4) is 0 Å². The number of carbonyl (C=O) groups excluding carboxylic acids is 1. The van der Waals surface area contributed by atoms with Gasteiger partial charge in [-0.25, -0.2) is 9.98 Å². The van der Waals surface area contributed by atoms with Crippen LogP contribution in [0, 0.1) is 6.92 Å². The van der Waals surface area contributed by atoms with Crippen LogP contribution in [0.1, 0.15) is 37.4 Å². The minimum absolute atomic E-state index is 0. The largest absolute Gasteiger partial charge is 0.444 e. The molecule has 1 aliphatic heterocycles. The molecule has 0 bridgehead atoms. The van der Waals surface area contributed by atoms with Crippen molar-refractivity contribution in [2.75, 3.05) is 40.3 Å². The van der Waals surface area contributed by atoms with Crippen LogP contribution in [0.2, 0.25) is 0 Å². The second-order valence-corrected chi connectivity index (χ2v) is 8.41. The molecule has 1 amide bonds. The summed E-state index contributed by atoms with van der Waals surface area (Å²) in [5.41, 5.74) is 2.96. The summed E-state index contributed by atoms with van der Waals surface area (Å²) in [4.78, 5) is 25.5. The summed E-state index contributed by atoms with van der Waals surface area (Å²) in [5, 5.41) is 6.66. The number of likely N-dealkylation sites (tertiary alicyclic amines) is 1. The number of hydrogen-bond acceptors (Lipinski definition) is 5. The molecule has 8 nitrogen and oxygen atoms in total. The fourth-order valence-electron chi connectivity index (χ4n) is 3.87. The number of halogens is 1. The standard InChI is InChI=1S/C24H36N6O2.HI/c1-5-25-24(26-13-7-15-30-14-6-8-21(30)23(31)29(3)4)27-16-20-17-32-22(28-20)19-11-9-18(2)10-12-19;/h9-12,17,21H,5-8,13-16H2,1-4H3,(H2,25,26,27);1H. The van der Waals surface area contributed by atoms with Crippen molar-refractivity contribution in [3.8, 4) is 11.5 Å². The van der Waals surface area contributed by atoms with Crippen molar-refractivity contribution < 1.29 is 9.21 Å². The molecule has 0 saturated carbocycles. The van der Waals surface area contributed by atoms with Crippen molar-refractivity contribution >= 4 is 35.8 Å². The highest BCUT2D eigenvalue weighted by atomic mass is 127. The Balaban J connectivity index is 0.00000385. The molecule has 9 heteroatoms. The maximum atomic E-state index is 12.3. The van der Waals surface area contributed by atoms with E-state index >= 15 is 0 Å². The minimum Gasteiger partial charge on any atom is -0.444 e. The third kappa shape index (κ3) is 7.99. The summed E-state index contributed by atoms with van der Waals surface area (Å²) in [6, 6.07) is 8.14. The van der Waals surface area contributed by atoms with E-state index in [9.17, 15) is 4.79 Å². The van der Waals surface area contributed by atoms with E-state index in [-0.39, 0.29) is 35.9 Å². The van der Waals surface area contributed by atoms with Gasteiger partial charge in [0.15, 0.2) is 5.96 Å². The Morgan fingerprint density at radius 2 is 2.03 bits per heavy atom. The van der Waals surface area contributed by atoms with Gasteiger partial charge in [0.2, 0.25) is 11.8 Å². The van der Waals surface area contributed by atoms with E-state index in [0.717, 1.165) is 62.7 Å². The number of benzene rings is 1. The molecule has 1 saturated heterocycles. The molecule has 33 heavy (non-hydrogen) atoms. The Kier molecular flexibility index (Phi) is 11.1. The van der Waals surface area contributed by atoms with Crippen LogP contribution in [-0.2, 0) is 11.3 Å². The van der Waals surface area contributed by atoms with Gasteiger partial charge in [-0.2, -0.15) is 0 Å². The molecule has 0 radical (unpaired) electrons. The molecule has 1 fully saturated rings. The summed E-state index contributed by atoms with van der Waals surface area (Å²) >= 11 is 0. The number of likely N-dealkylation sites (N-methyl/N-ethyl adjacent to an activating group) is 1. The van der Waals surface area contributed by atoms with Gasteiger partial charge in [-0.1, -0.05) is 17.7 Å². The highest BCUT2D eigenvalue weighted by molar-refractivity contribution is 14.0. The molecular weight excluding hydrogens is 531 g/mol. The van der Waals surface area contributed by atoms with Crippen LogP contribution in [0.5, 0.6) is 0 Å². The monoisotopic (exact) mass is 568 g/mol. The normalized spacial score (nSPS) is 16.4. The van der Waals surface area contributed by atoms with E-state index in [1.165, 1.54) is 5.56 Å². The molecule has 2 N–H and O–H groups in total. The Morgan fingerprint density at radius 1 is 1.27 bits per heavy atom. The van der Waals surface area contributed by atoms with E-state index in [1.54, 1.807) is 11.2 Å². The van der Waals surface area contributed by atoms with Crippen LogP contribution >= 0.6 is 24.0 Å². The van der Waals surface area contributed by atoms with Crippen molar-refractivity contribution in [1.82, 2.24) is 25.4 Å². The van der Waals surface area contributed by atoms with Crippen LogP contribution in [-0.4, -0.2) is 73.0 Å². The first-order valence-electron chi connectivity index (χ1n) is 11.5. The predicted molar refractivity (Wildman–Crippen MR) is 143 cm³/mol. The Bertz CT molecular complexity index is 897. The zero-order chi connectivity index (χ0) is 22.9. The number of oxazole rings is 1. The van der Waals surface area contributed by atoms with Crippen LogP contribution < -0.4 is 10.6 Å². The minimum atomic E-state index is 0. The topological polar surface area (TPSA) is 86.0 Å². The first-order chi connectivity index (χ1) is 15.5. The lowest BCUT2D eigenvalue weighted by Crippen LogP contribution is -2.44. The summed E-state index contributed by atoms with van der Waals surface area (Å²) in [6.45, 7) is 8.01. The van der Waals surface area contributed by atoms with Crippen LogP contribution in [0.25, 0.3) is 11.5 Å². The molecule has 1 aromatic carbocycles. The Labute approximate surface area is 214 Å². The Hall–Kier alpha value is -2.14. The summed E-state index contributed by atoms with van der Waals surface area (Å²) in [5.74, 6) is 1.58.